The fourth-order valence-corrected chi connectivity index (χ4v) is 11.8. The minimum absolute atomic E-state index is 0.0636. The summed E-state index contributed by atoms with van der Waals surface area (Å²) < 4.78 is 17.1. The molecule has 0 aromatic carbocycles. The summed E-state index contributed by atoms with van der Waals surface area (Å²) in [5, 5.41) is 0. The molecule has 0 radical (unpaired) electrons. The van der Waals surface area contributed by atoms with Crippen LogP contribution in [0.25, 0.3) is 0 Å². The van der Waals surface area contributed by atoms with E-state index < -0.39 is 6.10 Å². The Bertz CT molecular complexity index is 1340. The van der Waals surface area contributed by atoms with Gasteiger partial charge in [0, 0.05) is 19.3 Å². The van der Waals surface area contributed by atoms with Gasteiger partial charge in [0.25, 0.3) is 0 Å². The van der Waals surface area contributed by atoms with Gasteiger partial charge in [-0.2, -0.15) is 0 Å². The molecule has 0 aliphatic heterocycles. The number of carbonyl (C=O) groups is 3. The van der Waals surface area contributed by atoms with Crippen LogP contribution in [0, 0.1) is 0 Å². The van der Waals surface area contributed by atoms with Crippen LogP contribution < -0.4 is 0 Å². The van der Waals surface area contributed by atoms with Gasteiger partial charge >= 0.3 is 17.9 Å². The number of unbranched alkanes of at least 4 members (excludes halogenated alkanes) is 56. The monoisotopic (exact) mass is 1170 g/mol. The third kappa shape index (κ3) is 70.5. The molecular weight excluding hydrogens is 1020 g/mol. The Hall–Kier alpha value is -2.11. The van der Waals surface area contributed by atoms with Gasteiger partial charge in [-0.1, -0.05) is 385 Å². The lowest BCUT2D eigenvalue weighted by Crippen LogP contribution is -2.30. The first-order chi connectivity index (χ1) is 41.0. The van der Waals surface area contributed by atoms with Crippen LogP contribution in [0.4, 0.5) is 0 Å². The van der Waals surface area contributed by atoms with Gasteiger partial charge in [-0.3, -0.25) is 14.4 Å². The number of rotatable bonds is 71. The topological polar surface area (TPSA) is 78.9 Å². The van der Waals surface area contributed by atoms with Crippen LogP contribution >= 0.6 is 0 Å². The molecule has 6 nitrogen and oxygen atoms in total. The Kier molecular flexibility index (Phi) is 70.5. The molecule has 490 valence electrons. The predicted octanol–water partition coefficient (Wildman–Crippen LogP) is 26.1. The second-order valence-corrected chi connectivity index (χ2v) is 25.9. The quantitative estimate of drug-likeness (QED) is 0.0261. The maximum absolute atomic E-state index is 13.0. The van der Waals surface area contributed by atoms with E-state index in [4.69, 9.17) is 14.2 Å². The second-order valence-electron chi connectivity index (χ2n) is 25.9. The van der Waals surface area contributed by atoms with Crippen LogP contribution in [0.15, 0.2) is 24.3 Å². The minimum Gasteiger partial charge on any atom is -0.462 e. The summed E-state index contributed by atoms with van der Waals surface area (Å²) >= 11 is 0. The highest BCUT2D eigenvalue weighted by atomic mass is 16.6. The van der Waals surface area contributed by atoms with Crippen molar-refractivity contribution in [3.05, 3.63) is 24.3 Å². The fourth-order valence-electron chi connectivity index (χ4n) is 11.8. The summed E-state index contributed by atoms with van der Waals surface area (Å²) in [6.45, 7) is 6.73. The standard InChI is InChI=1S/C77H146O6/c1-4-7-10-13-16-19-22-25-28-31-34-36-38-39-40-42-43-46-49-52-55-58-61-64-67-70-76(79)82-73-74(72-81-75(78)69-66-63-60-57-54-51-48-45-33-30-27-24-21-18-15-12-9-6-3)83-77(80)71-68-65-62-59-56-53-50-47-44-41-37-35-32-29-26-23-20-17-14-11-8-5-2/h22,25,31,34,74H,4-21,23-24,26-30,32-33,35-73H2,1-3H3/b25-22-,34-31-. The molecule has 0 aliphatic rings. The predicted molar refractivity (Wildman–Crippen MR) is 363 cm³/mol. The number of ether oxygens (including phenoxy) is 3. The van der Waals surface area contributed by atoms with Gasteiger partial charge in [-0.15, -0.1) is 0 Å². The molecule has 0 aromatic heterocycles. The highest BCUT2D eigenvalue weighted by Crippen LogP contribution is 2.19. The first-order valence-electron chi connectivity index (χ1n) is 37.8. The smallest absolute Gasteiger partial charge is 0.306 e. The Morgan fingerprint density at radius 3 is 0.663 bits per heavy atom. The molecule has 0 rings (SSSR count). The average Bonchev–Trinajstić information content (AvgIpc) is 3.50. The molecule has 0 N–H and O–H groups in total. The molecule has 83 heavy (non-hydrogen) atoms. The van der Waals surface area contributed by atoms with Crippen LogP contribution in [0.5, 0.6) is 0 Å². The van der Waals surface area contributed by atoms with Crippen molar-refractivity contribution in [2.45, 2.75) is 438 Å². The number of allylic oxidation sites excluding steroid dienone is 4. The van der Waals surface area contributed by atoms with Crippen LogP contribution in [0.2, 0.25) is 0 Å². The molecule has 0 saturated heterocycles. The van der Waals surface area contributed by atoms with Crippen molar-refractivity contribution >= 4 is 17.9 Å². The molecule has 0 aromatic rings. The van der Waals surface area contributed by atoms with Crippen molar-refractivity contribution < 1.29 is 28.6 Å². The first kappa shape index (κ1) is 80.9. The number of hydrogen-bond acceptors (Lipinski definition) is 6. The third-order valence-corrected chi connectivity index (χ3v) is 17.5. The van der Waals surface area contributed by atoms with E-state index in [0.29, 0.717) is 19.3 Å². The number of hydrogen-bond donors (Lipinski definition) is 0. The van der Waals surface area contributed by atoms with Gasteiger partial charge in [0.2, 0.25) is 0 Å². The molecule has 0 spiro atoms. The molecule has 0 amide bonds. The van der Waals surface area contributed by atoms with Gasteiger partial charge < -0.3 is 14.2 Å². The molecule has 1 atom stereocenters. The lowest BCUT2D eigenvalue weighted by atomic mass is 10.0. The van der Waals surface area contributed by atoms with Gasteiger partial charge in [0.15, 0.2) is 6.10 Å². The van der Waals surface area contributed by atoms with Crippen LogP contribution in [-0.2, 0) is 28.6 Å². The molecule has 0 heterocycles. The van der Waals surface area contributed by atoms with E-state index in [1.807, 2.05) is 0 Å². The number of carbonyl (C=O) groups excluding carboxylic acids is 3. The van der Waals surface area contributed by atoms with E-state index >= 15 is 0 Å². The highest BCUT2D eigenvalue weighted by Gasteiger charge is 2.20. The maximum Gasteiger partial charge on any atom is 0.306 e. The molecule has 0 fully saturated rings. The zero-order valence-corrected chi connectivity index (χ0v) is 56.5. The lowest BCUT2D eigenvalue weighted by molar-refractivity contribution is -0.167. The summed E-state index contributed by atoms with van der Waals surface area (Å²) in [6.07, 6.45) is 89.3. The van der Waals surface area contributed by atoms with E-state index in [9.17, 15) is 14.4 Å². The Morgan fingerprint density at radius 2 is 0.434 bits per heavy atom. The highest BCUT2D eigenvalue weighted by molar-refractivity contribution is 5.71. The lowest BCUT2D eigenvalue weighted by Gasteiger charge is -2.18. The van der Waals surface area contributed by atoms with E-state index in [0.717, 1.165) is 64.2 Å². The second kappa shape index (κ2) is 72.4. The zero-order valence-electron chi connectivity index (χ0n) is 56.5. The third-order valence-electron chi connectivity index (χ3n) is 17.5. The SMILES string of the molecule is CCCCCCC/C=C\C/C=C\CCCCCCCCCCCCCCCC(=O)OCC(COC(=O)CCCCCCCCCCCCCCCCCCCC)OC(=O)CCCCCCCCCCCCCCCCCCCCCCCC. The summed E-state index contributed by atoms with van der Waals surface area (Å²) in [7, 11) is 0. The van der Waals surface area contributed by atoms with Crippen LogP contribution in [0.1, 0.15) is 432 Å². The summed E-state index contributed by atoms with van der Waals surface area (Å²) in [5.74, 6) is -0.825. The molecule has 0 saturated carbocycles. The molecular formula is C77H146O6. The van der Waals surface area contributed by atoms with E-state index in [-0.39, 0.29) is 31.1 Å². The van der Waals surface area contributed by atoms with E-state index in [2.05, 4.69) is 45.1 Å². The normalized spacial score (nSPS) is 12.1. The summed E-state index contributed by atoms with van der Waals surface area (Å²) in [4.78, 5) is 38.6. The Morgan fingerprint density at radius 1 is 0.241 bits per heavy atom. The first-order valence-corrected chi connectivity index (χ1v) is 37.8. The van der Waals surface area contributed by atoms with Crippen molar-refractivity contribution in [2.24, 2.45) is 0 Å². The summed E-state index contributed by atoms with van der Waals surface area (Å²) in [6, 6.07) is 0. The van der Waals surface area contributed by atoms with Crippen LogP contribution in [-0.4, -0.2) is 37.2 Å². The minimum atomic E-state index is -0.769. The van der Waals surface area contributed by atoms with Crippen LogP contribution in [0.3, 0.4) is 0 Å². The van der Waals surface area contributed by atoms with Crippen molar-refractivity contribution in [1.82, 2.24) is 0 Å². The maximum atomic E-state index is 13.0. The Balaban J connectivity index is 4.27. The molecule has 0 aliphatic carbocycles. The molecule has 6 heteroatoms. The molecule has 1 unspecified atom stereocenters. The van der Waals surface area contributed by atoms with E-state index in [1.165, 1.54) is 327 Å². The van der Waals surface area contributed by atoms with Gasteiger partial charge in [0.1, 0.15) is 13.2 Å². The largest absolute Gasteiger partial charge is 0.462 e. The van der Waals surface area contributed by atoms with E-state index in [1.54, 1.807) is 0 Å². The van der Waals surface area contributed by atoms with Gasteiger partial charge in [-0.05, 0) is 51.4 Å². The van der Waals surface area contributed by atoms with Gasteiger partial charge in [-0.25, -0.2) is 0 Å². The average molecular weight is 1170 g/mol. The zero-order chi connectivity index (χ0) is 59.9. The van der Waals surface area contributed by atoms with Crippen molar-refractivity contribution in [2.75, 3.05) is 13.2 Å². The van der Waals surface area contributed by atoms with Crippen molar-refractivity contribution in [3.8, 4) is 0 Å². The Labute approximate surface area is 519 Å². The van der Waals surface area contributed by atoms with Crippen molar-refractivity contribution in [3.63, 3.8) is 0 Å². The van der Waals surface area contributed by atoms with Crippen molar-refractivity contribution in [1.29, 1.82) is 0 Å². The fraction of sp³-hybridized carbons (Fsp3) is 0.909. The number of esters is 3. The van der Waals surface area contributed by atoms with Gasteiger partial charge in [0.05, 0.1) is 0 Å². The summed E-state index contributed by atoms with van der Waals surface area (Å²) in [5.41, 5.74) is 0. The molecule has 0 bridgehead atoms.